The zero-order valence-electron chi connectivity index (χ0n) is 12.8. The first-order valence-electron chi connectivity index (χ1n) is 6.93. The number of benzene rings is 2. The number of rotatable bonds is 3. The fourth-order valence-electron chi connectivity index (χ4n) is 1.83. The van der Waals surface area contributed by atoms with E-state index >= 15 is 0 Å². The second-order valence-electron chi connectivity index (χ2n) is 4.95. The van der Waals surface area contributed by atoms with Crippen LogP contribution in [0, 0.1) is 13.8 Å². The van der Waals surface area contributed by atoms with Gasteiger partial charge in [-0.25, -0.2) is 5.43 Å². The van der Waals surface area contributed by atoms with Crippen molar-refractivity contribution < 1.29 is 9.59 Å². The van der Waals surface area contributed by atoms with Crippen molar-refractivity contribution in [3.63, 3.8) is 0 Å². The number of aryl methyl sites for hydroxylation is 1. The molecular formula is C17H16BrN3O2. The maximum Gasteiger partial charge on any atom is 0.329 e. The van der Waals surface area contributed by atoms with Crippen molar-refractivity contribution in [2.75, 3.05) is 5.32 Å². The lowest BCUT2D eigenvalue weighted by Gasteiger charge is -2.09. The number of halogens is 1. The molecule has 6 heteroatoms. The lowest BCUT2D eigenvalue weighted by molar-refractivity contribution is -0.136. The summed E-state index contributed by atoms with van der Waals surface area (Å²) in [4.78, 5) is 23.6. The van der Waals surface area contributed by atoms with E-state index in [4.69, 9.17) is 0 Å². The third-order valence-corrected chi connectivity index (χ3v) is 3.84. The van der Waals surface area contributed by atoms with Crippen LogP contribution in [0.4, 0.5) is 5.69 Å². The molecule has 0 atom stereocenters. The highest BCUT2D eigenvalue weighted by molar-refractivity contribution is 9.10. The molecule has 2 amide bonds. The van der Waals surface area contributed by atoms with E-state index in [1.165, 1.54) is 6.21 Å². The van der Waals surface area contributed by atoms with Gasteiger partial charge in [-0.2, -0.15) is 5.10 Å². The second kappa shape index (κ2) is 7.69. The predicted octanol–water partition coefficient (Wildman–Crippen LogP) is 3.15. The SMILES string of the molecule is Cc1cccc(NC(=O)C(=O)N/N=C/c2ccc(Br)cc2)c1C. The van der Waals surface area contributed by atoms with Gasteiger partial charge in [0, 0.05) is 10.2 Å². The van der Waals surface area contributed by atoms with E-state index in [9.17, 15) is 9.59 Å². The molecule has 2 N–H and O–H groups in total. The van der Waals surface area contributed by atoms with Gasteiger partial charge in [-0.15, -0.1) is 0 Å². The average Bonchev–Trinajstić information content (AvgIpc) is 2.53. The summed E-state index contributed by atoms with van der Waals surface area (Å²) in [5.41, 5.74) is 5.59. The maximum atomic E-state index is 11.9. The van der Waals surface area contributed by atoms with Gasteiger partial charge in [0.25, 0.3) is 0 Å². The largest absolute Gasteiger partial charge is 0.329 e. The molecule has 0 aliphatic rings. The Balaban J connectivity index is 1.94. The molecular weight excluding hydrogens is 358 g/mol. The molecule has 23 heavy (non-hydrogen) atoms. The van der Waals surface area contributed by atoms with Crippen molar-refractivity contribution in [2.45, 2.75) is 13.8 Å². The number of nitrogens with zero attached hydrogens (tertiary/aromatic N) is 1. The molecule has 0 heterocycles. The van der Waals surface area contributed by atoms with Crippen LogP contribution in [0.3, 0.4) is 0 Å². The van der Waals surface area contributed by atoms with E-state index in [0.717, 1.165) is 21.2 Å². The van der Waals surface area contributed by atoms with Gasteiger partial charge in [0.05, 0.1) is 6.21 Å². The van der Waals surface area contributed by atoms with Crippen LogP contribution in [0.1, 0.15) is 16.7 Å². The summed E-state index contributed by atoms with van der Waals surface area (Å²) in [7, 11) is 0. The molecule has 2 aromatic rings. The average molecular weight is 374 g/mol. The molecule has 118 valence electrons. The fraction of sp³-hybridized carbons (Fsp3) is 0.118. The third kappa shape index (κ3) is 4.75. The lowest BCUT2D eigenvalue weighted by Crippen LogP contribution is -2.32. The van der Waals surface area contributed by atoms with E-state index < -0.39 is 11.8 Å². The zero-order valence-corrected chi connectivity index (χ0v) is 14.3. The van der Waals surface area contributed by atoms with Crippen LogP contribution >= 0.6 is 15.9 Å². The molecule has 0 spiro atoms. The number of anilines is 1. The maximum absolute atomic E-state index is 11.9. The predicted molar refractivity (Wildman–Crippen MR) is 94.4 cm³/mol. The van der Waals surface area contributed by atoms with E-state index in [-0.39, 0.29) is 0 Å². The minimum absolute atomic E-state index is 0.613. The molecule has 5 nitrogen and oxygen atoms in total. The van der Waals surface area contributed by atoms with Crippen LogP contribution in [0.2, 0.25) is 0 Å². The molecule has 0 aliphatic carbocycles. The molecule has 0 radical (unpaired) electrons. The number of hydrazone groups is 1. The van der Waals surface area contributed by atoms with Gasteiger partial charge in [-0.1, -0.05) is 40.2 Å². The van der Waals surface area contributed by atoms with Gasteiger partial charge in [-0.3, -0.25) is 9.59 Å². The Morgan fingerprint density at radius 2 is 1.74 bits per heavy atom. The van der Waals surface area contributed by atoms with E-state index in [0.29, 0.717) is 5.69 Å². The standard InChI is InChI=1S/C17H16BrN3O2/c1-11-4-3-5-15(12(11)2)20-16(22)17(23)21-19-10-13-6-8-14(18)9-7-13/h3-10H,1-2H3,(H,20,22)(H,21,23)/b19-10+. The Morgan fingerprint density at radius 1 is 1.04 bits per heavy atom. The van der Waals surface area contributed by atoms with Crippen molar-refractivity contribution in [1.82, 2.24) is 5.43 Å². The van der Waals surface area contributed by atoms with E-state index in [2.05, 4.69) is 31.8 Å². The Labute approximate surface area is 142 Å². The van der Waals surface area contributed by atoms with Crippen molar-refractivity contribution >= 4 is 39.6 Å². The monoisotopic (exact) mass is 373 g/mol. The van der Waals surface area contributed by atoms with Gasteiger partial charge in [0.15, 0.2) is 0 Å². The van der Waals surface area contributed by atoms with Crippen molar-refractivity contribution in [2.24, 2.45) is 5.10 Å². The lowest BCUT2D eigenvalue weighted by atomic mass is 10.1. The highest BCUT2D eigenvalue weighted by Gasteiger charge is 2.14. The summed E-state index contributed by atoms with van der Waals surface area (Å²) in [5, 5.41) is 6.35. The quantitative estimate of drug-likeness (QED) is 0.492. The highest BCUT2D eigenvalue weighted by atomic mass is 79.9. The van der Waals surface area contributed by atoms with E-state index in [1.807, 2.05) is 50.2 Å². The second-order valence-corrected chi connectivity index (χ2v) is 5.87. The van der Waals surface area contributed by atoms with Crippen LogP contribution in [0.15, 0.2) is 52.0 Å². The summed E-state index contributed by atoms with van der Waals surface area (Å²) in [6.07, 6.45) is 1.47. The summed E-state index contributed by atoms with van der Waals surface area (Å²) < 4.78 is 0.951. The number of nitrogens with one attached hydrogen (secondary N) is 2. The number of carbonyl (C=O) groups excluding carboxylic acids is 2. The summed E-state index contributed by atoms with van der Waals surface area (Å²) in [6, 6.07) is 12.9. The van der Waals surface area contributed by atoms with Crippen molar-refractivity contribution in [3.8, 4) is 0 Å². The van der Waals surface area contributed by atoms with Gasteiger partial charge in [-0.05, 0) is 48.7 Å². The van der Waals surface area contributed by atoms with E-state index in [1.54, 1.807) is 6.07 Å². The van der Waals surface area contributed by atoms with Crippen LogP contribution < -0.4 is 10.7 Å². The first-order chi connectivity index (χ1) is 11.0. The van der Waals surface area contributed by atoms with Gasteiger partial charge < -0.3 is 5.32 Å². The minimum Gasteiger partial charge on any atom is -0.317 e. The van der Waals surface area contributed by atoms with Gasteiger partial charge in [0.2, 0.25) is 0 Å². The molecule has 2 rings (SSSR count). The first-order valence-corrected chi connectivity index (χ1v) is 7.73. The highest BCUT2D eigenvalue weighted by Crippen LogP contribution is 2.17. The Kier molecular flexibility index (Phi) is 5.65. The van der Waals surface area contributed by atoms with Gasteiger partial charge in [0.1, 0.15) is 0 Å². The summed E-state index contributed by atoms with van der Waals surface area (Å²) in [6.45, 7) is 3.82. The van der Waals surface area contributed by atoms with Crippen LogP contribution in [0.5, 0.6) is 0 Å². The van der Waals surface area contributed by atoms with Crippen molar-refractivity contribution in [1.29, 1.82) is 0 Å². The molecule has 0 saturated heterocycles. The zero-order chi connectivity index (χ0) is 16.8. The van der Waals surface area contributed by atoms with Gasteiger partial charge >= 0.3 is 11.8 Å². The first kappa shape index (κ1) is 16.9. The minimum atomic E-state index is -0.820. The number of carbonyl (C=O) groups is 2. The molecule has 0 fully saturated rings. The molecule has 0 unspecified atom stereocenters. The normalized spacial score (nSPS) is 10.6. The summed E-state index contributed by atoms with van der Waals surface area (Å²) >= 11 is 3.33. The van der Waals surface area contributed by atoms with Crippen molar-refractivity contribution in [3.05, 3.63) is 63.6 Å². The summed E-state index contributed by atoms with van der Waals surface area (Å²) in [5.74, 6) is -1.58. The Morgan fingerprint density at radius 3 is 2.43 bits per heavy atom. The molecule has 0 bridgehead atoms. The molecule has 2 aromatic carbocycles. The molecule has 0 aliphatic heterocycles. The van der Waals surface area contributed by atoms with Crippen LogP contribution in [-0.4, -0.2) is 18.0 Å². The number of hydrogen-bond acceptors (Lipinski definition) is 3. The number of hydrogen-bond donors (Lipinski definition) is 2. The Bertz CT molecular complexity index is 755. The topological polar surface area (TPSA) is 70.6 Å². The number of amides is 2. The molecule has 0 aromatic heterocycles. The third-order valence-electron chi connectivity index (χ3n) is 3.31. The van der Waals surface area contributed by atoms with Crippen LogP contribution in [0.25, 0.3) is 0 Å². The smallest absolute Gasteiger partial charge is 0.317 e. The Hall–Kier alpha value is -2.47. The molecule has 0 saturated carbocycles. The van der Waals surface area contributed by atoms with Crippen LogP contribution in [-0.2, 0) is 9.59 Å². The fourth-order valence-corrected chi connectivity index (χ4v) is 2.09.